The average molecular weight is 536 g/mol. The first-order valence-corrected chi connectivity index (χ1v) is 17.4. The molecule has 0 aromatic rings. The second-order valence-electron chi connectivity index (χ2n) is 10.8. The number of ether oxygens (including phenoxy) is 1. The molecule has 0 aliphatic carbocycles. The van der Waals surface area contributed by atoms with Crippen LogP contribution in [0.4, 0.5) is 0 Å². The van der Waals surface area contributed by atoms with E-state index in [-0.39, 0.29) is 24.9 Å². The summed E-state index contributed by atoms with van der Waals surface area (Å²) in [6.45, 7) is 15.1. The van der Waals surface area contributed by atoms with Crippen LogP contribution in [0.3, 0.4) is 0 Å². The molecule has 11 heteroatoms. The van der Waals surface area contributed by atoms with Crippen molar-refractivity contribution < 1.29 is 32.9 Å². The molecule has 206 valence electrons. The van der Waals surface area contributed by atoms with Gasteiger partial charge in [0.2, 0.25) is 7.57 Å². The third-order valence-corrected chi connectivity index (χ3v) is 14.7. The molecule has 5 atom stereocenters. The predicted octanol–water partition coefficient (Wildman–Crippen LogP) is 5.35. The van der Waals surface area contributed by atoms with E-state index in [1.165, 1.54) is 0 Å². The van der Waals surface area contributed by atoms with Crippen LogP contribution in [0.2, 0.25) is 0 Å². The molecule has 0 bridgehead atoms. The maximum Gasteiger partial charge on any atom is 0.359 e. The Morgan fingerprint density at radius 1 is 0.886 bits per heavy atom. The van der Waals surface area contributed by atoms with Crippen molar-refractivity contribution in [2.45, 2.75) is 153 Å². The van der Waals surface area contributed by atoms with Crippen molar-refractivity contribution in [3.63, 3.8) is 0 Å². The van der Waals surface area contributed by atoms with Gasteiger partial charge in [0, 0.05) is 12.4 Å². The second-order valence-corrected chi connectivity index (χ2v) is 15.6. The lowest BCUT2D eigenvalue weighted by Crippen LogP contribution is -2.56. The summed E-state index contributed by atoms with van der Waals surface area (Å²) < 4.78 is 47.2. The van der Waals surface area contributed by atoms with Crippen LogP contribution < -0.4 is 0 Å². The van der Waals surface area contributed by atoms with Crippen LogP contribution in [-0.4, -0.2) is 59.2 Å². The molecule has 1 fully saturated rings. The van der Waals surface area contributed by atoms with E-state index in [9.17, 15) is 19.1 Å². The predicted molar refractivity (Wildman–Crippen MR) is 150 cm³/mol. The number of rotatable bonds is 16. The van der Waals surface area contributed by atoms with E-state index < -0.39 is 36.5 Å². The number of hydrogen-bond acceptors (Lipinski definition) is 6. The van der Waals surface area contributed by atoms with E-state index in [2.05, 4.69) is 7.85 Å². The van der Waals surface area contributed by atoms with Crippen LogP contribution >= 0.6 is 14.8 Å². The van der Waals surface area contributed by atoms with Gasteiger partial charge in [-0.05, 0) is 64.7 Å². The van der Waals surface area contributed by atoms with E-state index in [4.69, 9.17) is 13.8 Å². The van der Waals surface area contributed by atoms with Gasteiger partial charge >= 0.3 is 7.60 Å². The fraction of sp³-hybridized carbons (Fsp3) is 1.00. The molecule has 1 saturated heterocycles. The van der Waals surface area contributed by atoms with E-state index >= 15 is 0 Å². The minimum Gasteiger partial charge on any atom is -0.384 e. The van der Waals surface area contributed by atoms with Crippen molar-refractivity contribution in [1.29, 1.82) is 0 Å². The Morgan fingerprint density at radius 3 is 1.74 bits per heavy atom. The molecule has 1 rings (SSSR count). The van der Waals surface area contributed by atoms with Gasteiger partial charge in [-0.1, -0.05) is 48.5 Å². The summed E-state index contributed by atoms with van der Waals surface area (Å²) in [7, 11) is -4.20. The monoisotopic (exact) mass is 536 g/mol. The van der Waals surface area contributed by atoms with E-state index in [1.807, 2.05) is 41.5 Å². The second kappa shape index (κ2) is 12.5. The molecule has 0 aromatic heterocycles. The Kier molecular flexibility index (Phi) is 11.9. The van der Waals surface area contributed by atoms with Gasteiger partial charge in [-0.2, -0.15) is 0 Å². The molecule has 4 unspecified atom stereocenters. The Labute approximate surface area is 216 Å². The van der Waals surface area contributed by atoms with Crippen molar-refractivity contribution in [2.24, 2.45) is 0 Å². The highest BCUT2D eigenvalue weighted by Crippen LogP contribution is 2.71. The van der Waals surface area contributed by atoms with Crippen LogP contribution in [0.1, 0.15) is 120 Å². The van der Waals surface area contributed by atoms with Crippen molar-refractivity contribution in [3.8, 4) is 0 Å². The highest BCUT2D eigenvalue weighted by Gasteiger charge is 2.62. The van der Waals surface area contributed by atoms with Gasteiger partial charge in [-0.15, -0.1) is 0 Å². The maximum atomic E-state index is 14.8. The fourth-order valence-corrected chi connectivity index (χ4v) is 11.6. The van der Waals surface area contributed by atoms with Gasteiger partial charge < -0.3 is 23.8 Å². The topological polar surface area (TPSA) is 102 Å². The Morgan fingerprint density at radius 2 is 1.40 bits per heavy atom. The van der Waals surface area contributed by atoms with Gasteiger partial charge in [0.1, 0.15) is 7.85 Å². The molecule has 7 nitrogen and oxygen atoms in total. The third kappa shape index (κ3) is 6.52. The lowest BCUT2D eigenvalue weighted by atomic mass is 9.78. The first-order chi connectivity index (χ1) is 16.1. The molecule has 1 aliphatic rings. The molecular formula is C24H52B2O7P2. The van der Waals surface area contributed by atoms with E-state index in [0.717, 1.165) is 12.8 Å². The van der Waals surface area contributed by atoms with Gasteiger partial charge in [-0.3, -0.25) is 9.09 Å². The van der Waals surface area contributed by atoms with Crippen LogP contribution in [0.5, 0.6) is 0 Å². The van der Waals surface area contributed by atoms with Gasteiger partial charge in [-0.25, -0.2) is 0 Å². The zero-order valence-electron chi connectivity index (χ0n) is 24.1. The maximum absolute atomic E-state index is 14.8. The third-order valence-electron chi connectivity index (χ3n) is 9.02. The van der Waals surface area contributed by atoms with Crippen molar-refractivity contribution in [3.05, 3.63) is 0 Å². The molecule has 0 amide bonds. The zero-order valence-corrected chi connectivity index (χ0v) is 25.8. The van der Waals surface area contributed by atoms with Crippen LogP contribution in [0, 0.1) is 0 Å². The minimum absolute atomic E-state index is 0.0627. The summed E-state index contributed by atoms with van der Waals surface area (Å²) >= 11 is 0. The summed E-state index contributed by atoms with van der Waals surface area (Å²) in [4.78, 5) is 11.1. The van der Waals surface area contributed by atoms with E-state index in [0.29, 0.717) is 38.5 Å². The van der Waals surface area contributed by atoms with Crippen molar-refractivity contribution in [1.82, 2.24) is 0 Å². The smallest absolute Gasteiger partial charge is 0.359 e. The highest BCUT2D eigenvalue weighted by molar-refractivity contribution is 7.84. The first-order valence-electron chi connectivity index (χ1n) is 13.8. The molecule has 0 saturated carbocycles. The molecule has 1 aliphatic heterocycles. The summed E-state index contributed by atoms with van der Waals surface area (Å²) in [5.74, 6) is 0. The number of hydrogen-bond donors (Lipinski definition) is 2. The molecule has 0 aromatic carbocycles. The van der Waals surface area contributed by atoms with Crippen molar-refractivity contribution >= 4 is 30.3 Å². The van der Waals surface area contributed by atoms with Gasteiger partial charge in [0.05, 0.1) is 22.5 Å². The molecule has 2 N–H and O–H groups in total. The lowest BCUT2D eigenvalue weighted by Gasteiger charge is -2.54. The molecule has 0 radical (unpaired) electrons. The number of aliphatic hydroxyl groups is 1. The first kappa shape index (κ1) is 33.4. The minimum atomic E-state index is -4.49. The standard InChI is InChI=1S/C24H52B2O7P2/c1-9-21(8,18-19-16-17-20(25)31-19)32-34(26,28)23(12-4,13-5)22(10-2,11-3)33-35(29,30)24(27,14-6)15-7/h19-20,27H,9-18,25-26H2,1-8H3,(H,29,30)/t19?,20-,21?,34?/m1/s1. The Bertz CT molecular complexity index is 769. The molecule has 0 spiro atoms. The molecular weight excluding hydrogens is 484 g/mol. The fourth-order valence-electron chi connectivity index (χ4n) is 6.20. The largest absolute Gasteiger partial charge is 0.384 e. The van der Waals surface area contributed by atoms with E-state index in [1.54, 1.807) is 21.4 Å². The quantitative estimate of drug-likeness (QED) is 0.203. The summed E-state index contributed by atoms with van der Waals surface area (Å²) in [5, 5.41) is 8.11. The highest BCUT2D eigenvalue weighted by atomic mass is 31.2. The van der Waals surface area contributed by atoms with Gasteiger partial charge in [0.15, 0.2) is 12.6 Å². The molecule has 1 heterocycles. The SMILES string of the molecule is B[C@H]1CCC(CC(C)(CC)OP(B)(=O)C(CC)(CC)C(CC)(CC)OP(=O)(O)C(O)(CC)CC)O1. The average Bonchev–Trinajstić information content (AvgIpc) is 3.21. The Hall–Kier alpha value is 0.390. The van der Waals surface area contributed by atoms with Crippen molar-refractivity contribution in [2.75, 3.05) is 0 Å². The Balaban J connectivity index is 3.54. The van der Waals surface area contributed by atoms with Crippen LogP contribution in [-0.2, 0) is 22.9 Å². The normalized spacial score (nSPS) is 25.1. The zero-order chi connectivity index (χ0) is 27.3. The van der Waals surface area contributed by atoms with Gasteiger partial charge in [0.25, 0.3) is 0 Å². The molecule has 35 heavy (non-hydrogen) atoms. The summed E-state index contributed by atoms with van der Waals surface area (Å²) in [5.41, 5.74) is -1.88. The van der Waals surface area contributed by atoms with Crippen LogP contribution in [0.15, 0.2) is 0 Å². The summed E-state index contributed by atoms with van der Waals surface area (Å²) in [6, 6.07) is 0.218. The van der Waals surface area contributed by atoms with Crippen LogP contribution in [0.25, 0.3) is 0 Å². The summed E-state index contributed by atoms with van der Waals surface area (Å²) in [6.07, 6.45) is 5.14. The lowest BCUT2D eigenvalue weighted by molar-refractivity contribution is -0.0367.